The van der Waals surface area contributed by atoms with Gasteiger partial charge in [0.2, 0.25) is 0 Å². The van der Waals surface area contributed by atoms with Crippen LogP contribution in [0.5, 0.6) is 0 Å². The van der Waals surface area contributed by atoms with Gasteiger partial charge in [-0.25, -0.2) is 13.9 Å². The zero-order chi connectivity index (χ0) is 16.1. The third kappa shape index (κ3) is 3.79. The summed E-state index contributed by atoms with van der Waals surface area (Å²) in [5.41, 5.74) is 1.50. The predicted molar refractivity (Wildman–Crippen MR) is 81.1 cm³/mol. The number of aromatic nitrogens is 3. The van der Waals surface area contributed by atoms with Gasteiger partial charge in [-0.1, -0.05) is 47.7 Å². The number of hydrogen-bond donors (Lipinski definition) is 0. The zero-order valence-electron chi connectivity index (χ0n) is 12.2. The normalized spacial score (nSPS) is 10.5. The first-order chi connectivity index (χ1) is 11.2. The highest BCUT2D eigenvalue weighted by Crippen LogP contribution is 2.09. The molecule has 1 aromatic heterocycles. The molecule has 1 heterocycles. The van der Waals surface area contributed by atoms with Crippen LogP contribution in [0.25, 0.3) is 0 Å². The molecule has 0 saturated heterocycles. The van der Waals surface area contributed by atoms with Crippen molar-refractivity contribution in [1.82, 2.24) is 15.0 Å². The van der Waals surface area contributed by atoms with E-state index in [1.807, 2.05) is 30.3 Å². The van der Waals surface area contributed by atoms with Crippen LogP contribution in [0.2, 0.25) is 0 Å². The Bertz CT molecular complexity index is 802. The Hall–Kier alpha value is -3.02. The first kappa shape index (κ1) is 14.9. The summed E-state index contributed by atoms with van der Waals surface area (Å²) in [6, 6.07) is 15.5. The van der Waals surface area contributed by atoms with Crippen molar-refractivity contribution in [2.45, 2.75) is 13.2 Å². The standard InChI is InChI=1S/C17H14FN3O2/c18-16-9-5-4-8-15(16)17(22)23-12-14-11-21(20-19-14)10-13-6-2-1-3-7-13/h1-9,11H,10,12H2. The van der Waals surface area contributed by atoms with E-state index in [2.05, 4.69) is 10.3 Å². The summed E-state index contributed by atoms with van der Waals surface area (Å²) < 4.78 is 20.2. The summed E-state index contributed by atoms with van der Waals surface area (Å²) in [5.74, 6) is -1.33. The summed E-state index contributed by atoms with van der Waals surface area (Å²) >= 11 is 0. The van der Waals surface area contributed by atoms with Gasteiger partial charge < -0.3 is 4.74 Å². The van der Waals surface area contributed by atoms with Crippen molar-refractivity contribution in [3.8, 4) is 0 Å². The molecule has 23 heavy (non-hydrogen) atoms. The highest BCUT2D eigenvalue weighted by Gasteiger charge is 2.13. The largest absolute Gasteiger partial charge is 0.455 e. The molecule has 0 unspecified atom stereocenters. The lowest BCUT2D eigenvalue weighted by molar-refractivity contribution is 0.0462. The molecule has 0 aliphatic heterocycles. The van der Waals surface area contributed by atoms with Crippen molar-refractivity contribution in [1.29, 1.82) is 0 Å². The van der Waals surface area contributed by atoms with E-state index in [1.54, 1.807) is 16.9 Å². The molecule has 0 aliphatic carbocycles. The molecule has 0 atom stereocenters. The van der Waals surface area contributed by atoms with Crippen molar-refractivity contribution >= 4 is 5.97 Å². The van der Waals surface area contributed by atoms with E-state index in [9.17, 15) is 9.18 Å². The van der Waals surface area contributed by atoms with E-state index in [0.717, 1.165) is 5.56 Å². The molecule has 5 nitrogen and oxygen atoms in total. The van der Waals surface area contributed by atoms with Gasteiger partial charge in [0.15, 0.2) is 0 Å². The second-order valence-corrected chi connectivity index (χ2v) is 4.95. The van der Waals surface area contributed by atoms with Crippen LogP contribution in [-0.4, -0.2) is 21.0 Å². The van der Waals surface area contributed by atoms with E-state index in [1.165, 1.54) is 18.2 Å². The molecule has 0 saturated carbocycles. The monoisotopic (exact) mass is 311 g/mol. The van der Waals surface area contributed by atoms with E-state index in [0.29, 0.717) is 12.2 Å². The van der Waals surface area contributed by atoms with E-state index in [4.69, 9.17) is 4.74 Å². The maximum atomic E-state index is 13.5. The SMILES string of the molecule is O=C(OCc1cn(Cc2ccccc2)nn1)c1ccccc1F. The molecule has 6 heteroatoms. The van der Waals surface area contributed by atoms with Gasteiger partial charge in [-0.3, -0.25) is 0 Å². The highest BCUT2D eigenvalue weighted by molar-refractivity contribution is 5.89. The Labute approximate surface area is 132 Å². The van der Waals surface area contributed by atoms with Crippen molar-refractivity contribution in [2.75, 3.05) is 0 Å². The lowest BCUT2D eigenvalue weighted by atomic mass is 10.2. The number of rotatable bonds is 5. The number of benzene rings is 2. The minimum Gasteiger partial charge on any atom is -0.455 e. The Balaban J connectivity index is 1.59. The maximum Gasteiger partial charge on any atom is 0.341 e. The average molecular weight is 311 g/mol. The third-order valence-corrected chi connectivity index (χ3v) is 3.22. The predicted octanol–water partition coefficient (Wildman–Crippen LogP) is 2.82. The number of ether oxygens (including phenoxy) is 1. The van der Waals surface area contributed by atoms with Crippen LogP contribution >= 0.6 is 0 Å². The average Bonchev–Trinajstić information content (AvgIpc) is 3.01. The second-order valence-electron chi connectivity index (χ2n) is 4.95. The first-order valence-corrected chi connectivity index (χ1v) is 7.07. The van der Waals surface area contributed by atoms with Crippen LogP contribution in [0.3, 0.4) is 0 Å². The summed E-state index contributed by atoms with van der Waals surface area (Å²) in [6.07, 6.45) is 1.70. The third-order valence-electron chi connectivity index (χ3n) is 3.22. The number of esters is 1. The van der Waals surface area contributed by atoms with Gasteiger partial charge in [0, 0.05) is 0 Å². The van der Waals surface area contributed by atoms with Gasteiger partial charge in [-0.2, -0.15) is 0 Å². The van der Waals surface area contributed by atoms with Gasteiger partial charge in [-0.15, -0.1) is 5.10 Å². The number of halogens is 1. The summed E-state index contributed by atoms with van der Waals surface area (Å²) in [4.78, 5) is 11.8. The fourth-order valence-electron chi connectivity index (χ4n) is 2.10. The Morgan fingerprint density at radius 3 is 2.61 bits per heavy atom. The molecular weight excluding hydrogens is 297 g/mol. The summed E-state index contributed by atoms with van der Waals surface area (Å²) in [5, 5.41) is 7.92. The molecule has 0 aliphatic rings. The Kier molecular flexibility index (Phi) is 4.42. The van der Waals surface area contributed by atoms with Crippen LogP contribution in [-0.2, 0) is 17.9 Å². The van der Waals surface area contributed by atoms with Crippen LogP contribution in [0.15, 0.2) is 60.8 Å². The van der Waals surface area contributed by atoms with Gasteiger partial charge in [-0.05, 0) is 17.7 Å². The zero-order valence-corrected chi connectivity index (χ0v) is 12.2. The Morgan fingerprint density at radius 2 is 1.83 bits per heavy atom. The molecule has 0 spiro atoms. The van der Waals surface area contributed by atoms with Crippen LogP contribution in [0.1, 0.15) is 21.6 Å². The quantitative estimate of drug-likeness (QED) is 0.680. The van der Waals surface area contributed by atoms with Gasteiger partial charge in [0.25, 0.3) is 0 Å². The minimum absolute atomic E-state index is 0.0536. The molecule has 2 aromatic carbocycles. The summed E-state index contributed by atoms with van der Waals surface area (Å²) in [7, 11) is 0. The number of carbonyl (C=O) groups is 1. The molecule has 0 radical (unpaired) electrons. The van der Waals surface area contributed by atoms with Gasteiger partial charge in [0.05, 0.1) is 18.3 Å². The number of hydrogen-bond acceptors (Lipinski definition) is 4. The van der Waals surface area contributed by atoms with Crippen molar-refractivity contribution < 1.29 is 13.9 Å². The molecule has 0 amide bonds. The number of nitrogens with zero attached hydrogens (tertiary/aromatic N) is 3. The van der Waals surface area contributed by atoms with E-state index >= 15 is 0 Å². The maximum absolute atomic E-state index is 13.5. The van der Waals surface area contributed by atoms with Crippen LogP contribution < -0.4 is 0 Å². The lowest BCUT2D eigenvalue weighted by Crippen LogP contribution is -2.07. The Morgan fingerprint density at radius 1 is 1.09 bits per heavy atom. The van der Waals surface area contributed by atoms with Gasteiger partial charge in [0.1, 0.15) is 18.1 Å². The molecule has 0 fully saturated rings. The fourth-order valence-corrected chi connectivity index (χ4v) is 2.10. The molecule has 116 valence electrons. The number of carbonyl (C=O) groups excluding carboxylic acids is 1. The van der Waals surface area contributed by atoms with Gasteiger partial charge >= 0.3 is 5.97 Å². The van der Waals surface area contributed by atoms with Crippen molar-refractivity contribution in [3.05, 3.63) is 83.4 Å². The smallest absolute Gasteiger partial charge is 0.341 e. The van der Waals surface area contributed by atoms with E-state index in [-0.39, 0.29) is 12.2 Å². The first-order valence-electron chi connectivity index (χ1n) is 7.07. The van der Waals surface area contributed by atoms with Crippen LogP contribution in [0.4, 0.5) is 4.39 Å². The molecule has 0 bridgehead atoms. The highest BCUT2D eigenvalue weighted by atomic mass is 19.1. The minimum atomic E-state index is -0.722. The topological polar surface area (TPSA) is 57.0 Å². The molecular formula is C17H14FN3O2. The van der Waals surface area contributed by atoms with Crippen molar-refractivity contribution in [3.63, 3.8) is 0 Å². The molecule has 3 rings (SSSR count). The second kappa shape index (κ2) is 6.83. The molecule has 0 N–H and O–H groups in total. The van der Waals surface area contributed by atoms with Crippen LogP contribution in [0, 0.1) is 5.82 Å². The molecule has 3 aromatic rings. The van der Waals surface area contributed by atoms with Crippen molar-refractivity contribution in [2.24, 2.45) is 0 Å². The summed E-state index contributed by atoms with van der Waals surface area (Å²) in [6.45, 7) is 0.525. The lowest BCUT2D eigenvalue weighted by Gasteiger charge is -2.03. The van der Waals surface area contributed by atoms with E-state index < -0.39 is 11.8 Å². The fraction of sp³-hybridized carbons (Fsp3) is 0.118.